The van der Waals surface area contributed by atoms with Crippen molar-refractivity contribution in [3.8, 4) is 0 Å². The van der Waals surface area contributed by atoms with Gasteiger partial charge in [0.05, 0.1) is 18.0 Å². The molecule has 3 nitrogen and oxygen atoms in total. The zero-order chi connectivity index (χ0) is 10.7. The van der Waals surface area contributed by atoms with Gasteiger partial charge >= 0.3 is 0 Å². The Morgan fingerprint density at radius 2 is 2.20 bits per heavy atom. The molecular formula is C12H18N2O. The maximum absolute atomic E-state index is 9.56. The molecule has 2 heterocycles. The molecule has 82 valence electrons. The highest BCUT2D eigenvalue weighted by Crippen LogP contribution is 2.18. The number of anilines is 1. The second kappa shape index (κ2) is 4.62. The first-order chi connectivity index (χ1) is 7.25. The van der Waals surface area contributed by atoms with E-state index in [9.17, 15) is 5.11 Å². The van der Waals surface area contributed by atoms with Crippen LogP contribution in [0.1, 0.15) is 25.0 Å². The van der Waals surface area contributed by atoms with Crippen LogP contribution in [0.2, 0.25) is 0 Å². The normalized spacial score (nSPS) is 22.5. The third kappa shape index (κ3) is 2.69. The summed E-state index contributed by atoms with van der Waals surface area (Å²) in [6.45, 7) is 3.96. The Kier molecular flexibility index (Phi) is 3.21. The number of nitrogens with zero attached hydrogens (tertiary/aromatic N) is 2. The quantitative estimate of drug-likeness (QED) is 0.760. The average molecular weight is 206 g/mol. The Hall–Kier alpha value is -1.09. The summed E-state index contributed by atoms with van der Waals surface area (Å²) >= 11 is 0. The smallest absolute Gasteiger partial charge is 0.0557 e. The summed E-state index contributed by atoms with van der Waals surface area (Å²) in [4.78, 5) is 6.61. The van der Waals surface area contributed by atoms with E-state index in [1.165, 1.54) is 5.69 Å². The lowest BCUT2D eigenvalue weighted by molar-refractivity contribution is 0.161. The van der Waals surface area contributed by atoms with Crippen molar-refractivity contribution in [1.82, 2.24) is 4.98 Å². The molecule has 1 N–H and O–H groups in total. The van der Waals surface area contributed by atoms with Gasteiger partial charge in [0.15, 0.2) is 0 Å². The van der Waals surface area contributed by atoms with E-state index >= 15 is 0 Å². The Morgan fingerprint density at radius 1 is 1.33 bits per heavy atom. The zero-order valence-corrected chi connectivity index (χ0v) is 9.19. The van der Waals surface area contributed by atoms with Crippen molar-refractivity contribution in [2.24, 2.45) is 0 Å². The number of aryl methyl sites for hydroxylation is 1. The first-order valence-electron chi connectivity index (χ1n) is 5.61. The molecule has 0 amide bonds. The van der Waals surface area contributed by atoms with Gasteiger partial charge in [-0.3, -0.25) is 4.98 Å². The molecule has 1 aliphatic heterocycles. The zero-order valence-electron chi connectivity index (χ0n) is 9.19. The standard InChI is InChI=1S/C12H18N2O/c1-10-4-5-11(9-13-10)14-7-2-3-12(15)6-8-14/h4-5,9,12,15H,2-3,6-8H2,1H3/t12-/m1/s1. The summed E-state index contributed by atoms with van der Waals surface area (Å²) in [6.07, 6.45) is 4.67. The highest BCUT2D eigenvalue weighted by molar-refractivity contribution is 5.44. The van der Waals surface area contributed by atoms with Crippen molar-refractivity contribution in [2.75, 3.05) is 18.0 Å². The molecule has 0 bridgehead atoms. The number of pyridine rings is 1. The highest BCUT2D eigenvalue weighted by Gasteiger charge is 2.14. The minimum atomic E-state index is -0.117. The lowest BCUT2D eigenvalue weighted by Crippen LogP contribution is -2.24. The number of hydrogen-bond donors (Lipinski definition) is 1. The summed E-state index contributed by atoms with van der Waals surface area (Å²) in [7, 11) is 0. The maximum atomic E-state index is 9.56. The first-order valence-corrected chi connectivity index (χ1v) is 5.61. The van der Waals surface area contributed by atoms with Gasteiger partial charge in [-0.05, 0) is 38.3 Å². The van der Waals surface area contributed by atoms with E-state index in [1.807, 2.05) is 19.2 Å². The highest BCUT2D eigenvalue weighted by atomic mass is 16.3. The van der Waals surface area contributed by atoms with Crippen LogP contribution in [0.25, 0.3) is 0 Å². The molecule has 3 heteroatoms. The second-order valence-electron chi connectivity index (χ2n) is 4.23. The monoisotopic (exact) mass is 206 g/mol. The van der Waals surface area contributed by atoms with Gasteiger partial charge in [0.25, 0.3) is 0 Å². The summed E-state index contributed by atoms with van der Waals surface area (Å²) in [5, 5.41) is 9.56. The molecule has 0 aromatic carbocycles. The molecule has 1 aromatic rings. The predicted molar refractivity (Wildman–Crippen MR) is 61.0 cm³/mol. The largest absolute Gasteiger partial charge is 0.393 e. The van der Waals surface area contributed by atoms with Gasteiger partial charge < -0.3 is 10.0 Å². The summed E-state index contributed by atoms with van der Waals surface area (Å²) < 4.78 is 0. The molecule has 0 saturated carbocycles. The Labute approximate surface area is 90.8 Å². The summed E-state index contributed by atoms with van der Waals surface area (Å²) in [5.74, 6) is 0. The van der Waals surface area contributed by atoms with Crippen molar-refractivity contribution in [3.63, 3.8) is 0 Å². The van der Waals surface area contributed by atoms with Gasteiger partial charge in [-0.15, -0.1) is 0 Å². The van der Waals surface area contributed by atoms with E-state index in [4.69, 9.17) is 0 Å². The van der Waals surface area contributed by atoms with Crippen LogP contribution in [0, 0.1) is 6.92 Å². The number of aliphatic hydroxyl groups excluding tert-OH is 1. The Morgan fingerprint density at radius 3 is 2.93 bits per heavy atom. The lowest BCUT2D eigenvalue weighted by atomic mass is 10.2. The van der Waals surface area contributed by atoms with Crippen LogP contribution >= 0.6 is 0 Å². The maximum Gasteiger partial charge on any atom is 0.0557 e. The van der Waals surface area contributed by atoms with Crippen molar-refractivity contribution in [2.45, 2.75) is 32.3 Å². The molecule has 1 aromatic heterocycles. The van der Waals surface area contributed by atoms with Gasteiger partial charge in [-0.2, -0.15) is 0 Å². The number of rotatable bonds is 1. The van der Waals surface area contributed by atoms with Crippen molar-refractivity contribution in [1.29, 1.82) is 0 Å². The molecule has 0 aliphatic carbocycles. The molecule has 1 atom stereocenters. The van der Waals surface area contributed by atoms with E-state index in [0.717, 1.165) is 38.0 Å². The fourth-order valence-corrected chi connectivity index (χ4v) is 1.98. The third-order valence-corrected chi connectivity index (χ3v) is 2.96. The molecular weight excluding hydrogens is 188 g/mol. The van der Waals surface area contributed by atoms with Gasteiger partial charge in [0, 0.05) is 18.8 Å². The van der Waals surface area contributed by atoms with E-state index < -0.39 is 0 Å². The van der Waals surface area contributed by atoms with Crippen LogP contribution in [-0.4, -0.2) is 29.3 Å². The van der Waals surface area contributed by atoms with Crippen molar-refractivity contribution < 1.29 is 5.11 Å². The minimum absolute atomic E-state index is 0.117. The van der Waals surface area contributed by atoms with Crippen LogP contribution in [0.4, 0.5) is 5.69 Å². The van der Waals surface area contributed by atoms with Crippen LogP contribution in [0.5, 0.6) is 0 Å². The SMILES string of the molecule is Cc1ccc(N2CCC[C@@H](O)CC2)cn1. The topological polar surface area (TPSA) is 36.4 Å². The van der Waals surface area contributed by atoms with Gasteiger partial charge in [-0.25, -0.2) is 0 Å². The van der Waals surface area contributed by atoms with Gasteiger partial charge in [-0.1, -0.05) is 0 Å². The van der Waals surface area contributed by atoms with Gasteiger partial charge in [0.1, 0.15) is 0 Å². The first kappa shape index (κ1) is 10.4. The molecule has 1 fully saturated rings. The minimum Gasteiger partial charge on any atom is -0.393 e. The van der Waals surface area contributed by atoms with Crippen LogP contribution in [-0.2, 0) is 0 Å². The average Bonchev–Trinajstić information content (AvgIpc) is 2.44. The van der Waals surface area contributed by atoms with E-state index in [-0.39, 0.29) is 6.10 Å². The Balaban J connectivity index is 2.06. The molecule has 1 aliphatic rings. The van der Waals surface area contributed by atoms with Gasteiger partial charge in [0.2, 0.25) is 0 Å². The molecule has 0 spiro atoms. The van der Waals surface area contributed by atoms with Crippen LogP contribution in [0.3, 0.4) is 0 Å². The summed E-state index contributed by atoms with van der Waals surface area (Å²) in [5.41, 5.74) is 2.23. The number of hydrogen-bond acceptors (Lipinski definition) is 3. The predicted octanol–water partition coefficient (Wildman–Crippen LogP) is 1.74. The number of aromatic nitrogens is 1. The molecule has 15 heavy (non-hydrogen) atoms. The lowest BCUT2D eigenvalue weighted by Gasteiger charge is -2.22. The fourth-order valence-electron chi connectivity index (χ4n) is 1.98. The molecule has 1 saturated heterocycles. The number of aliphatic hydroxyl groups is 1. The van der Waals surface area contributed by atoms with E-state index in [2.05, 4.69) is 16.0 Å². The van der Waals surface area contributed by atoms with E-state index in [1.54, 1.807) is 0 Å². The van der Waals surface area contributed by atoms with Crippen LogP contribution < -0.4 is 4.90 Å². The second-order valence-corrected chi connectivity index (χ2v) is 4.23. The van der Waals surface area contributed by atoms with E-state index in [0.29, 0.717) is 0 Å². The fraction of sp³-hybridized carbons (Fsp3) is 0.583. The molecule has 0 unspecified atom stereocenters. The molecule has 2 rings (SSSR count). The third-order valence-electron chi connectivity index (χ3n) is 2.96. The Bertz CT molecular complexity index is 310. The van der Waals surface area contributed by atoms with Crippen molar-refractivity contribution >= 4 is 5.69 Å². The molecule has 0 radical (unpaired) electrons. The van der Waals surface area contributed by atoms with Crippen LogP contribution in [0.15, 0.2) is 18.3 Å². The summed E-state index contributed by atoms with van der Waals surface area (Å²) in [6, 6.07) is 4.15. The van der Waals surface area contributed by atoms with Crippen molar-refractivity contribution in [3.05, 3.63) is 24.0 Å².